The predicted molar refractivity (Wildman–Crippen MR) is 97.3 cm³/mol. The molecular formula is C19H18FN7. The van der Waals surface area contributed by atoms with Crippen LogP contribution in [0.3, 0.4) is 0 Å². The fourth-order valence-corrected chi connectivity index (χ4v) is 3.63. The van der Waals surface area contributed by atoms with Crippen LogP contribution in [0.25, 0.3) is 11.3 Å². The van der Waals surface area contributed by atoms with E-state index in [0.717, 1.165) is 30.4 Å². The van der Waals surface area contributed by atoms with Crippen LogP contribution in [0.1, 0.15) is 30.1 Å². The molecule has 0 unspecified atom stereocenters. The predicted octanol–water partition coefficient (Wildman–Crippen LogP) is 2.67. The van der Waals surface area contributed by atoms with Gasteiger partial charge in [-0.25, -0.2) is 4.39 Å². The van der Waals surface area contributed by atoms with Gasteiger partial charge in [0.2, 0.25) is 0 Å². The topological polar surface area (TPSA) is 83.5 Å². The van der Waals surface area contributed by atoms with E-state index in [2.05, 4.69) is 20.2 Å². The van der Waals surface area contributed by atoms with Crippen molar-refractivity contribution in [1.29, 1.82) is 5.26 Å². The summed E-state index contributed by atoms with van der Waals surface area (Å²) in [6.07, 6.45) is 7.85. The maximum Gasteiger partial charge on any atom is 0.161 e. The summed E-state index contributed by atoms with van der Waals surface area (Å²) < 4.78 is 16.2. The Morgan fingerprint density at radius 2 is 2.07 bits per heavy atom. The van der Waals surface area contributed by atoms with Gasteiger partial charge in [0, 0.05) is 44.0 Å². The van der Waals surface area contributed by atoms with Crippen LogP contribution in [0, 0.1) is 17.1 Å². The number of aryl methyl sites for hydroxylation is 1. The molecule has 7 nitrogen and oxygen atoms in total. The summed E-state index contributed by atoms with van der Waals surface area (Å²) in [6, 6.07) is 5.68. The molecule has 0 spiro atoms. The number of anilines is 1. The second-order valence-electron chi connectivity index (χ2n) is 6.59. The summed E-state index contributed by atoms with van der Waals surface area (Å²) in [5.41, 5.74) is 1.92. The van der Waals surface area contributed by atoms with Crippen molar-refractivity contribution in [2.75, 3.05) is 18.0 Å². The van der Waals surface area contributed by atoms with Crippen LogP contribution < -0.4 is 4.90 Å². The quantitative estimate of drug-likeness (QED) is 0.711. The molecule has 1 fully saturated rings. The van der Waals surface area contributed by atoms with Crippen molar-refractivity contribution in [2.24, 2.45) is 7.05 Å². The maximum atomic E-state index is 14.3. The van der Waals surface area contributed by atoms with Crippen molar-refractivity contribution in [3.05, 3.63) is 54.3 Å². The summed E-state index contributed by atoms with van der Waals surface area (Å²) in [4.78, 5) is 10.5. The normalized spacial score (nSPS) is 14.9. The smallest absolute Gasteiger partial charge is 0.161 e. The Bertz CT molecular complexity index is 985. The summed E-state index contributed by atoms with van der Waals surface area (Å²) in [5, 5.41) is 17.7. The van der Waals surface area contributed by atoms with Crippen molar-refractivity contribution in [3.63, 3.8) is 0 Å². The Labute approximate surface area is 156 Å². The van der Waals surface area contributed by atoms with Gasteiger partial charge in [0.1, 0.15) is 23.8 Å². The Hall–Kier alpha value is -3.34. The van der Waals surface area contributed by atoms with Gasteiger partial charge >= 0.3 is 0 Å². The zero-order valence-electron chi connectivity index (χ0n) is 14.9. The van der Waals surface area contributed by atoms with Crippen LogP contribution in [0.4, 0.5) is 10.1 Å². The molecule has 136 valence electrons. The van der Waals surface area contributed by atoms with Crippen molar-refractivity contribution < 1.29 is 4.39 Å². The molecule has 0 atom stereocenters. The van der Waals surface area contributed by atoms with Crippen molar-refractivity contribution in [1.82, 2.24) is 24.7 Å². The SMILES string of the molecule is Cn1cnnc1C1CCN(c2c(-c3cccnc3)ncc(F)c2C#N)CC1. The molecule has 27 heavy (non-hydrogen) atoms. The molecule has 4 rings (SSSR count). The first-order chi connectivity index (χ1) is 13.2. The van der Waals surface area contributed by atoms with Crippen LogP contribution >= 0.6 is 0 Å². The van der Waals surface area contributed by atoms with E-state index in [-0.39, 0.29) is 5.56 Å². The second kappa shape index (κ2) is 7.11. The minimum atomic E-state index is -0.601. The Morgan fingerprint density at radius 3 is 2.70 bits per heavy atom. The van der Waals surface area contributed by atoms with E-state index in [1.165, 1.54) is 0 Å². The first kappa shape index (κ1) is 17.1. The molecule has 0 radical (unpaired) electrons. The number of nitrogens with zero attached hydrogens (tertiary/aromatic N) is 7. The van der Waals surface area contributed by atoms with E-state index in [4.69, 9.17) is 0 Å². The second-order valence-corrected chi connectivity index (χ2v) is 6.59. The zero-order valence-corrected chi connectivity index (χ0v) is 14.9. The minimum absolute atomic E-state index is 0.0287. The van der Waals surface area contributed by atoms with Crippen LogP contribution in [0.2, 0.25) is 0 Å². The molecule has 1 aliphatic rings. The van der Waals surface area contributed by atoms with Gasteiger partial charge in [-0.05, 0) is 25.0 Å². The highest BCUT2D eigenvalue weighted by atomic mass is 19.1. The minimum Gasteiger partial charge on any atom is -0.369 e. The standard InChI is InChI=1S/C19H18FN7/c1-26-12-24-25-19(26)13-4-7-27(8-5-13)18-15(9-21)16(20)11-23-17(18)14-3-2-6-22-10-14/h2-3,6,10-13H,4-5,7-8H2,1H3. The van der Waals surface area contributed by atoms with Crippen molar-refractivity contribution in [3.8, 4) is 17.3 Å². The molecule has 0 N–H and O–H groups in total. The fourth-order valence-electron chi connectivity index (χ4n) is 3.63. The monoisotopic (exact) mass is 363 g/mol. The number of nitriles is 1. The van der Waals surface area contributed by atoms with Crippen LogP contribution in [-0.2, 0) is 7.05 Å². The molecule has 3 aromatic rings. The lowest BCUT2D eigenvalue weighted by molar-refractivity contribution is 0.473. The van der Waals surface area contributed by atoms with E-state index in [9.17, 15) is 9.65 Å². The average molecular weight is 363 g/mol. The van der Waals surface area contributed by atoms with Gasteiger partial charge in [-0.2, -0.15) is 5.26 Å². The van der Waals surface area contributed by atoms with Gasteiger partial charge in [0.25, 0.3) is 0 Å². The fraction of sp³-hybridized carbons (Fsp3) is 0.316. The third-order valence-electron chi connectivity index (χ3n) is 4.98. The van der Waals surface area contributed by atoms with Gasteiger partial charge in [-0.1, -0.05) is 0 Å². The number of halogens is 1. The Balaban J connectivity index is 1.69. The lowest BCUT2D eigenvalue weighted by Crippen LogP contribution is -2.34. The number of hydrogen-bond acceptors (Lipinski definition) is 6. The average Bonchev–Trinajstić information content (AvgIpc) is 3.14. The van der Waals surface area contributed by atoms with E-state index in [0.29, 0.717) is 30.4 Å². The summed E-state index contributed by atoms with van der Waals surface area (Å²) in [6.45, 7) is 1.37. The number of rotatable bonds is 3. The molecular weight excluding hydrogens is 345 g/mol. The molecule has 0 aromatic carbocycles. The third-order valence-corrected chi connectivity index (χ3v) is 4.98. The summed E-state index contributed by atoms with van der Waals surface area (Å²) in [7, 11) is 1.94. The Kier molecular flexibility index (Phi) is 4.50. The zero-order chi connectivity index (χ0) is 18.8. The van der Waals surface area contributed by atoms with Gasteiger partial charge in [-0.15, -0.1) is 10.2 Å². The number of pyridine rings is 2. The van der Waals surface area contributed by atoms with Crippen molar-refractivity contribution >= 4 is 5.69 Å². The van der Waals surface area contributed by atoms with Gasteiger partial charge in [0.05, 0.1) is 17.6 Å². The summed E-state index contributed by atoms with van der Waals surface area (Å²) in [5.74, 6) is 0.651. The largest absolute Gasteiger partial charge is 0.369 e. The lowest BCUT2D eigenvalue weighted by atomic mass is 9.94. The molecule has 1 aliphatic heterocycles. The molecule has 3 aromatic heterocycles. The number of piperidine rings is 1. The van der Waals surface area contributed by atoms with E-state index in [1.54, 1.807) is 24.8 Å². The lowest BCUT2D eigenvalue weighted by Gasteiger charge is -2.34. The molecule has 0 amide bonds. The van der Waals surface area contributed by atoms with Gasteiger partial charge in [-0.3, -0.25) is 9.97 Å². The molecule has 8 heteroatoms. The molecule has 4 heterocycles. The van der Waals surface area contributed by atoms with Crippen LogP contribution in [0.5, 0.6) is 0 Å². The first-order valence-corrected chi connectivity index (χ1v) is 8.77. The molecule has 0 bridgehead atoms. The van der Waals surface area contributed by atoms with Gasteiger partial charge in [0.15, 0.2) is 5.82 Å². The first-order valence-electron chi connectivity index (χ1n) is 8.77. The third kappa shape index (κ3) is 3.12. The molecule has 0 saturated carbocycles. The highest BCUT2D eigenvalue weighted by molar-refractivity contribution is 5.79. The van der Waals surface area contributed by atoms with E-state index in [1.807, 2.05) is 28.7 Å². The number of aromatic nitrogens is 5. The van der Waals surface area contributed by atoms with Crippen LogP contribution in [0.15, 0.2) is 37.1 Å². The van der Waals surface area contributed by atoms with E-state index < -0.39 is 5.82 Å². The highest BCUT2D eigenvalue weighted by Crippen LogP contribution is 2.37. The molecule has 1 saturated heterocycles. The van der Waals surface area contributed by atoms with Crippen molar-refractivity contribution in [2.45, 2.75) is 18.8 Å². The van der Waals surface area contributed by atoms with E-state index >= 15 is 0 Å². The molecule has 0 aliphatic carbocycles. The number of hydrogen-bond donors (Lipinski definition) is 0. The van der Waals surface area contributed by atoms with Gasteiger partial charge < -0.3 is 9.47 Å². The highest BCUT2D eigenvalue weighted by Gasteiger charge is 2.28. The van der Waals surface area contributed by atoms with Crippen LogP contribution in [-0.4, -0.2) is 37.8 Å². The maximum absolute atomic E-state index is 14.3. The summed E-state index contributed by atoms with van der Waals surface area (Å²) >= 11 is 0. The Morgan fingerprint density at radius 1 is 1.26 bits per heavy atom.